The maximum absolute atomic E-state index is 11.4. The lowest BCUT2D eigenvalue weighted by atomic mass is 10.2. The minimum Gasteiger partial charge on any atom is -0.370 e. The highest BCUT2D eigenvalue weighted by Crippen LogP contribution is 2.28. The Morgan fingerprint density at radius 3 is 3.10 bits per heavy atom. The molecule has 3 aromatic heterocycles. The summed E-state index contributed by atoms with van der Waals surface area (Å²) in [7, 11) is 0. The molecule has 0 fully saturated rings. The lowest BCUT2D eigenvalue weighted by Crippen LogP contribution is -2.35. The number of aromatic nitrogens is 6. The van der Waals surface area contributed by atoms with Gasteiger partial charge in [0.25, 0.3) is 5.21 Å². The van der Waals surface area contributed by atoms with Gasteiger partial charge in [-0.2, -0.15) is 0 Å². The number of ketones is 1. The third-order valence-corrected chi connectivity index (χ3v) is 2.77. The molecule has 0 aromatic carbocycles. The van der Waals surface area contributed by atoms with E-state index in [9.17, 15) is 14.9 Å². The highest BCUT2D eigenvalue weighted by atomic mass is 16.6. The van der Waals surface area contributed by atoms with Crippen molar-refractivity contribution in [3.8, 4) is 0 Å². The number of anilines is 1. The summed E-state index contributed by atoms with van der Waals surface area (Å²) in [6.07, 6.45) is 1.52. The van der Waals surface area contributed by atoms with Crippen molar-refractivity contribution in [1.29, 1.82) is 0 Å². The van der Waals surface area contributed by atoms with Crippen molar-refractivity contribution in [3.63, 3.8) is 0 Å². The van der Waals surface area contributed by atoms with Crippen LogP contribution in [0.15, 0.2) is 18.3 Å². The van der Waals surface area contributed by atoms with E-state index in [-0.39, 0.29) is 23.8 Å². The molecule has 0 aliphatic carbocycles. The van der Waals surface area contributed by atoms with E-state index in [2.05, 4.69) is 25.9 Å². The van der Waals surface area contributed by atoms with E-state index < -0.39 is 4.92 Å². The molecule has 0 radical (unpaired) electrons. The van der Waals surface area contributed by atoms with Gasteiger partial charge in [-0.3, -0.25) is 4.79 Å². The van der Waals surface area contributed by atoms with Crippen molar-refractivity contribution in [2.24, 2.45) is 0 Å². The second kappa shape index (κ2) is 4.70. The number of pyridine rings is 1. The lowest BCUT2D eigenvalue weighted by Gasteiger charge is -2.06. The molecule has 106 valence electrons. The fourth-order valence-electron chi connectivity index (χ4n) is 1.96. The number of hydrogen-bond acceptors (Lipinski definition) is 8. The maximum atomic E-state index is 11.4. The van der Waals surface area contributed by atoms with Crippen LogP contribution in [-0.2, 0) is 4.79 Å². The molecule has 0 aliphatic heterocycles. The van der Waals surface area contributed by atoms with E-state index in [0.717, 1.165) is 9.26 Å². The molecule has 3 heterocycles. The van der Waals surface area contributed by atoms with Crippen LogP contribution in [0.2, 0.25) is 0 Å². The van der Waals surface area contributed by atoms with Crippen molar-refractivity contribution in [2.75, 3.05) is 11.9 Å². The molecule has 0 amide bonds. The second-order valence-electron chi connectivity index (χ2n) is 4.23. The average Bonchev–Trinajstić information content (AvgIpc) is 2.92. The largest absolute Gasteiger partial charge is 0.418 e. The highest BCUT2D eigenvalue weighted by molar-refractivity contribution is 5.93. The number of hydrogen-bond donors (Lipinski definition) is 1. The van der Waals surface area contributed by atoms with Crippen molar-refractivity contribution in [1.82, 2.24) is 25.3 Å². The van der Waals surface area contributed by atoms with E-state index in [1.54, 1.807) is 12.1 Å². The van der Waals surface area contributed by atoms with Gasteiger partial charge in [-0.05, 0) is 24.0 Å². The zero-order chi connectivity index (χ0) is 15.0. The zero-order valence-electron chi connectivity index (χ0n) is 10.8. The monoisotopic (exact) mass is 289 g/mol. The molecule has 11 nitrogen and oxygen atoms in total. The van der Waals surface area contributed by atoms with Crippen LogP contribution in [0, 0.1) is 10.1 Å². The number of Topliss-reactive ketones (excluding diaryl/α,β-unsaturated/α-hetero) is 1. The summed E-state index contributed by atoms with van der Waals surface area (Å²) in [5, 5.41) is 25.2. The van der Waals surface area contributed by atoms with Gasteiger partial charge in [0, 0.05) is 0 Å². The molecular formula is C10H9N8O3+. The van der Waals surface area contributed by atoms with Crippen molar-refractivity contribution < 1.29 is 14.3 Å². The molecule has 3 aromatic rings. The van der Waals surface area contributed by atoms with Crippen LogP contribution in [0.5, 0.6) is 0 Å². The summed E-state index contributed by atoms with van der Waals surface area (Å²) in [6, 6.07) is 3.27. The first-order chi connectivity index (χ1) is 10.1. The summed E-state index contributed by atoms with van der Waals surface area (Å²) in [4.78, 5) is 26.0. The molecule has 11 heteroatoms. The summed E-state index contributed by atoms with van der Waals surface area (Å²) >= 11 is 0. The van der Waals surface area contributed by atoms with Crippen LogP contribution in [0.3, 0.4) is 0 Å². The van der Waals surface area contributed by atoms with Crippen LogP contribution in [0.25, 0.3) is 11.0 Å². The maximum Gasteiger partial charge on any atom is 0.418 e. The standard InChI is InChI=1S/C10H9N8O3/c1-6(19)5-12-8-7-3-2-4-11-9(7)16-14-13-15-17(16)10(8)18(20)21/h2-4,12H,5H2,1H3/q+1. The van der Waals surface area contributed by atoms with Crippen LogP contribution >= 0.6 is 0 Å². The first-order valence-corrected chi connectivity index (χ1v) is 5.88. The average molecular weight is 289 g/mol. The first-order valence-electron chi connectivity index (χ1n) is 5.88. The van der Waals surface area contributed by atoms with Crippen molar-refractivity contribution in [3.05, 3.63) is 28.4 Å². The molecule has 0 atom stereocenters. The number of nitrogens with one attached hydrogen (secondary N) is 1. The molecule has 0 aliphatic rings. The summed E-state index contributed by atoms with van der Waals surface area (Å²) in [5.74, 6) is -0.535. The number of fused-ring (bicyclic) bond motifs is 3. The number of carbonyl (C=O) groups excluding carboxylic acids is 1. The molecule has 0 unspecified atom stereocenters. The molecule has 0 bridgehead atoms. The second-order valence-corrected chi connectivity index (χ2v) is 4.23. The topological polar surface area (TPSA) is 132 Å². The van der Waals surface area contributed by atoms with Crippen LogP contribution < -0.4 is 9.95 Å². The van der Waals surface area contributed by atoms with Crippen molar-refractivity contribution in [2.45, 2.75) is 6.92 Å². The molecule has 0 spiro atoms. The molecule has 3 rings (SSSR count). The van der Waals surface area contributed by atoms with Crippen LogP contribution in [-0.4, -0.2) is 42.5 Å². The van der Waals surface area contributed by atoms with Gasteiger partial charge in [0.1, 0.15) is 21.3 Å². The summed E-state index contributed by atoms with van der Waals surface area (Å²) < 4.78 is 2.03. The fraction of sp³-hybridized carbons (Fsp3) is 0.200. The van der Waals surface area contributed by atoms with Gasteiger partial charge in [0.05, 0.1) is 22.8 Å². The Hall–Kier alpha value is -3.24. The van der Waals surface area contributed by atoms with Gasteiger partial charge < -0.3 is 15.4 Å². The minimum absolute atomic E-state index is 0.0524. The lowest BCUT2D eigenvalue weighted by molar-refractivity contribution is -0.665. The summed E-state index contributed by atoms with van der Waals surface area (Å²) in [5.41, 5.74) is 0.477. The smallest absolute Gasteiger partial charge is 0.370 e. The van der Waals surface area contributed by atoms with E-state index in [1.807, 2.05) is 0 Å². The van der Waals surface area contributed by atoms with Gasteiger partial charge in [0.15, 0.2) is 5.21 Å². The predicted octanol–water partition coefficient (Wildman–Crippen LogP) is -0.833. The Labute approximate surface area is 116 Å². The van der Waals surface area contributed by atoms with Gasteiger partial charge in [0.2, 0.25) is 0 Å². The first kappa shape index (κ1) is 12.8. The third-order valence-electron chi connectivity index (χ3n) is 2.77. The Kier molecular flexibility index (Phi) is 2.86. The van der Waals surface area contributed by atoms with Crippen LogP contribution in [0.4, 0.5) is 11.5 Å². The molecular weight excluding hydrogens is 280 g/mol. The third kappa shape index (κ3) is 2.00. The Morgan fingerprint density at radius 1 is 1.57 bits per heavy atom. The fourth-order valence-corrected chi connectivity index (χ4v) is 1.96. The molecule has 1 N–H and O–H groups in total. The minimum atomic E-state index is -0.620. The highest BCUT2D eigenvalue weighted by Gasteiger charge is 2.31. The SMILES string of the molecule is CC(=O)CNc1c([N+](=O)[O-])n2nnn[n+]2c2ncccc12. The number of carbonyl (C=O) groups is 1. The Balaban J connectivity index is 2.40. The number of nitrogens with zero attached hydrogens (tertiary/aromatic N) is 7. The molecule has 0 saturated heterocycles. The number of nitro groups is 1. The van der Waals surface area contributed by atoms with Crippen LogP contribution in [0.1, 0.15) is 6.92 Å². The zero-order valence-corrected chi connectivity index (χ0v) is 10.8. The molecule has 21 heavy (non-hydrogen) atoms. The van der Waals surface area contributed by atoms with E-state index in [1.165, 1.54) is 13.1 Å². The Morgan fingerprint density at radius 2 is 2.38 bits per heavy atom. The number of rotatable bonds is 4. The van der Waals surface area contributed by atoms with Gasteiger partial charge in [-0.1, -0.05) is 0 Å². The predicted molar refractivity (Wildman–Crippen MR) is 67.6 cm³/mol. The van der Waals surface area contributed by atoms with Crippen molar-refractivity contribution >= 4 is 28.3 Å². The molecule has 0 saturated carbocycles. The van der Waals surface area contributed by atoms with E-state index in [4.69, 9.17) is 0 Å². The quantitative estimate of drug-likeness (QED) is 0.373. The van der Waals surface area contributed by atoms with E-state index in [0.29, 0.717) is 11.0 Å². The van der Waals surface area contributed by atoms with Gasteiger partial charge in [-0.15, -0.1) is 4.98 Å². The van der Waals surface area contributed by atoms with Gasteiger partial charge >= 0.3 is 11.5 Å². The normalized spacial score (nSPS) is 10.9. The Bertz CT molecular complexity index is 873. The van der Waals surface area contributed by atoms with Gasteiger partial charge in [-0.25, -0.2) is 0 Å². The van der Waals surface area contributed by atoms with E-state index >= 15 is 0 Å². The summed E-state index contributed by atoms with van der Waals surface area (Å²) in [6.45, 7) is 1.33.